The van der Waals surface area contributed by atoms with E-state index in [1.54, 1.807) is 7.11 Å². The molecule has 1 aliphatic heterocycles. The van der Waals surface area contributed by atoms with Crippen molar-refractivity contribution in [3.8, 4) is 5.75 Å². The van der Waals surface area contributed by atoms with Gasteiger partial charge in [0.15, 0.2) is 5.78 Å². The van der Waals surface area contributed by atoms with Crippen LogP contribution in [0.3, 0.4) is 0 Å². The van der Waals surface area contributed by atoms with E-state index in [9.17, 15) is 14.4 Å². The first-order chi connectivity index (χ1) is 12.3. The summed E-state index contributed by atoms with van der Waals surface area (Å²) in [6, 6.07) is 5.73. The fourth-order valence-corrected chi connectivity index (χ4v) is 3.32. The van der Waals surface area contributed by atoms with Gasteiger partial charge in [0, 0.05) is 26.3 Å². The molecule has 26 heavy (non-hydrogen) atoms. The van der Waals surface area contributed by atoms with Gasteiger partial charge >= 0.3 is 5.69 Å². The fraction of sp³-hybridized carbons (Fsp3) is 0.389. The van der Waals surface area contributed by atoms with E-state index in [2.05, 4.69) is 0 Å². The molecular weight excluding hydrogens is 336 g/mol. The van der Waals surface area contributed by atoms with Crippen molar-refractivity contribution in [1.29, 1.82) is 0 Å². The molecule has 0 spiro atoms. The molecule has 8 heteroatoms. The highest BCUT2D eigenvalue weighted by Gasteiger charge is 2.25. The Morgan fingerprint density at radius 3 is 2.65 bits per heavy atom. The minimum Gasteiger partial charge on any atom is -0.497 e. The third-order valence-electron chi connectivity index (χ3n) is 4.82. The van der Waals surface area contributed by atoms with Crippen LogP contribution in [0.15, 0.2) is 27.8 Å². The van der Waals surface area contributed by atoms with Gasteiger partial charge < -0.3 is 15.4 Å². The lowest BCUT2D eigenvalue weighted by Crippen LogP contribution is -2.44. The Morgan fingerprint density at radius 1 is 1.23 bits per heavy atom. The monoisotopic (exact) mass is 358 g/mol. The van der Waals surface area contributed by atoms with Gasteiger partial charge in [-0.1, -0.05) is 0 Å². The minimum absolute atomic E-state index is 0.0248. The maximum absolute atomic E-state index is 12.8. The number of rotatable bonds is 4. The number of methoxy groups -OCH3 is 1. The Bertz CT molecular complexity index is 990. The first kappa shape index (κ1) is 17.8. The zero-order valence-corrected chi connectivity index (χ0v) is 15.1. The number of aromatic nitrogens is 2. The van der Waals surface area contributed by atoms with E-state index in [1.807, 2.05) is 23.1 Å². The van der Waals surface area contributed by atoms with E-state index in [1.165, 1.54) is 14.1 Å². The number of nitrogens with zero attached hydrogens (tertiary/aromatic N) is 3. The van der Waals surface area contributed by atoms with Crippen molar-refractivity contribution in [3.63, 3.8) is 0 Å². The zero-order valence-electron chi connectivity index (χ0n) is 15.1. The van der Waals surface area contributed by atoms with Crippen LogP contribution < -0.4 is 26.6 Å². The number of ketones is 1. The third kappa shape index (κ3) is 2.87. The summed E-state index contributed by atoms with van der Waals surface area (Å²) in [5, 5.41) is 0. The molecule has 1 aromatic carbocycles. The number of benzene rings is 1. The van der Waals surface area contributed by atoms with Crippen LogP contribution in [0.5, 0.6) is 5.75 Å². The van der Waals surface area contributed by atoms with Crippen LogP contribution in [0.2, 0.25) is 0 Å². The predicted molar refractivity (Wildman–Crippen MR) is 99.2 cm³/mol. The maximum atomic E-state index is 12.8. The molecule has 0 bridgehead atoms. The Kier molecular flexibility index (Phi) is 4.58. The largest absolute Gasteiger partial charge is 0.497 e. The van der Waals surface area contributed by atoms with Crippen molar-refractivity contribution < 1.29 is 9.53 Å². The van der Waals surface area contributed by atoms with E-state index in [4.69, 9.17) is 10.5 Å². The third-order valence-corrected chi connectivity index (χ3v) is 4.82. The SMILES string of the molecule is COc1ccc2c(c1)CCCN2CC(=O)c1c(N)n(C)c(=O)n(C)c1=O. The number of nitrogen functional groups attached to an aromatic ring is 1. The quantitative estimate of drug-likeness (QED) is 0.790. The Hall–Kier alpha value is -3.03. The number of ether oxygens (including phenoxy) is 1. The van der Waals surface area contributed by atoms with Gasteiger partial charge in [0.1, 0.15) is 17.1 Å². The molecule has 0 amide bonds. The molecule has 2 N–H and O–H groups in total. The highest BCUT2D eigenvalue weighted by Crippen LogP contribution is 2.30. The first-order valence-electron chi connectivity index (χ1n) is 8.35. The van der Waals surface area contributed by atoms with E-state index in [0.29, 0.717) is 6.54 Å². The molecule has 3 rings (SSSR count). The van der Waals surface area contributed by atoms with Crippen LogP contribution >= 0.6 is 0 Å². The molecule has 0 saturated heterocycles. The van der Waals surface area contributed by atoms with E-state index in [-0.39, 0.29) is 17.9 Å². The van der Waals surface area contributed by atoms with Crippen LogP contribution in [-0.2, 0) is 20.5 Å². The molecule has 0 radical (unpaired) electrons. The highest BCUT2D eigenvalue weighted by atomic mass is 16.5. The number of nitrogens with two attached hydrogens (primary N) is 1. The summed E-state index contributed by atoms with van der Waals surface area (Å²) >= 11 is 0. The van der Waals surface area contributed by atoms with Gasteiger partial charge in [-0.05, 0) is 36.6 Å². The van der Waals surface area contributed by atoms with Crippen molar-refractivity contribution in [2.75, 3.05) is 30.8 Å². The smallest absolute Gasteiger partial charge is 0.332 e. The summed E-state index contributed by atoms with van der Waals surface area (Å²) in [7, 11) is 4.39. The standard InChI is InChI=1S/C18H22N4O4/c1-20-16(19)15(17(24)21(2)18(20)25)14(23)10-22-8-4-5-11-9-12(26-3)6-7-13(11)22/h6-7,9H,4-5,8,10,19H2,1-3H3. The average Bonchev–Trinajstić information content (AvgIpc) is 2.64. The lowest BCUT2D eigenvalue weighted by molar-refractivity contribution is 0.0996. The molecule has 0 fully saturated rings. The van der Waals surface area contributed by atoms with Crippen LogP contribution in [0.25, 0.3) is 0 Å². The summed E-state index contributed by atoms with van der Waals surface area (Å²) in [6.45, 7) is 0.730. The molecule has 0 atom stereocenters. The molecule has 0 unspecified atom stereocenters. The normalized spacial score (nSPS) is 13.4. The number of carbonyl (C=O) groups is 1. The predicted octanol–water partition coefficient (Wildman–Crippen LogP) is 0.310. The fourth-order valence-electron chi connectivity index (χ4n) is 3.32. The molecule has 1 aromatic heterocycles. The number of hydrogen-bond donors (Lipinski definition) is 1. The van der Waals surface area contributed by atoms with E-state index < -0.39 is 17.0 Å². The van der Waals surface area contributed by atoms with Gasteiger partial charge in [0.2, 0.25) is 0 Å². The summed E-state index contributed by atoms with van der Waals surface area (Å²) in [4.78, 5) is 39.1. The Morgan fingerprint density at radius 2 is 1.96 bits per heavy atom. The molecular formula is C18H22N4O4. The number of aryl methyl sites for hydroxylation is 1. The second kappa shape index (κ2) is 6.70. The molecule has 0 saturated carbocycles. The molecule has 2 aromatic rings. The summed E-state index contributed by atoms with van der Waals surface area (Å²) < 4.78 is 7.27. The second-order valence-electron chi connectivity index (χ2n) is 6.41. The van der Waals surface area contributed by atoms with E-state index in [0.717, 1.165) is 39.0 Å². The second-order valence-corrected chi connectivity index (χ2v) is 6.41. The minimum atomic E-state index is -0.664. The van der Waals surface area contributed by atoms with E-state index >= 15 is 0 Å². The van der Waals surface area contributed by atoms with Crippen LogP contribution in [0.4, 0.5) is 11.5 Å². The lowest BCUT2D eigenvalue weighted by atomic mass is 10.0. The van der Waals surface area contributed by atoms with Crippen LogP contribution in [-0.4, -0.2) is 35.1 Å². The van der Waals surface area contributed by atoms with Crippen LogP contribution in [0.1, 0.15) is 22.3 Å². The molecule has 1 aliphatic rings. The number of carbonyl (C=O) groups excluding carboxylic acids is 1. The molecule has 138 valence electrons. The van der Waals surface area contributed by atoms with Crippen LogP contribution in [0, 0.1) is 0 Å². The zero-order chi connectivity index (χ0) is 19.0. The number of hydrogen-bond acceptors (Lipinski definition) is 6. The number of Topliss-reactive ketones (excluding diaryl/α,β-unsaturated/α-hetero) is 1. The van der Waals surface area contributed by atoms with Gasteiger partial charge in [-0.25, -0.2) is 4.79 Å². The van der Waals surface area contributed by atoms with Crippen molar-refractivity contribution in [2.45, 2.75) is 12.8 Å². The van der Waals surface area contributed by atoms with Crippen molar-refractivity contribution >= 4 is 17.3 Å². The summed E-state index contributed by atoms with van der Waals surface area (Å²) in [5.74, 6) is 0.269. The van der Waals surface area contributed by atoms with Gasteiger partial charge in [-0.2, -0.15) is 0 Å². The Labute approximate surface area is 150 Å². The molecule has 8 nitrogen and oxygen atoms in total. The summed E-state index contributed by atoms with van der Waals surface area (Å²) in [6.07, 6.45) is 1.80. The summed E-state index contributed by atoms with van der Waals surface area (Å²) in [5.41, 5.74) is 6.57. The highest BCUT2D eigenvalue weighted by molar-refractivity contribution is 6.02. The van der Waals surface area contributed by atoms with Crippen molar-refractivity contribution in [1.82, 2.24) is 9.13 Å². The van der Waals surface area contributed by atoms with Crippen molar-refractivity contribution in [2.24, 2.45) is 14.1 Å². The topological polar surface area (TPSA) is 99.6 Å². The molecule has 0 aliphatic carbocycles. The van der Waals surface area contributed by atoms with Gasteiger partial charge in [-0.15, -0.1) is 0 Å². The average molecular weight is 358 g/mol. The van der Waals surface area contributed by atoms with Gasteiger partial charge in [0.25, 0.3) is 5.56 Å². The Balaban J connectivity index is 1.96. The first-order valence-corrected chi connectivity index (χ1v) is 8.35. The van der Waals surface area contributed by atoms with Gasteiger partial charge in [-0.3, -0.25) is 18.7 Å². The maximum Gasteiger partial charge on any atom is 0.332 e. The molecule has 2 heterocycles. The number of anilines is 2. The number of fused-ring (bicyclic) bond motifs is 1. The van der Waals surface area contributed by atoms with Crippen molar-refractivity contribution in [3.05, 3.63) is 50.2 Å². The lowest BCUT2D eigenvalue weighted by Gasteiger charge is -2.31. The van der Waals surface area contributed by atoms with Gasteiger partial charge in [0.05, 0.1) is 13.7 Å².